The van der Waals surface area contributed by atoms with Crippen molar-refractivity contribution in [3.05, 3.63) is 70.8 Å². The van der Waals surface area contributed by atoms with E-state index in [0.717, 1.165) is 6.42 Å². The minimum atomic E-state index is -0.279. The van der Waals surface area contributed by atoms with Crippen molar-refractivity contribution in [3.63, 3.8) is 0 Å². The molecule has 3 rings (SSSR count). The van der Waals surface area contributed by atoms with Gasteiger partial charge in [-0.15, -0.1) is 0 Å². The number of hydrogen-bond acceptors (Lipinski definition) is 2. The van der Waals surface area contributed by atoms with E-state index in [9.17, 15) is 5.11 Å². The van der Waals surface area contributed by atoms with E-state index in [0.29, 0.717) is 0 Å². The molecule has 0 amide bonds. The number of hydrogen-bond donors (Lipinski definition) is 2. The fourth-order valence-corrected chi connectivity index (χ4v) is 3.32. The Labute approximate surface area is 133 Å². The third kappa shape index (κ3) is 3.08. The monoisotopic (exact) mass is 295 g/mol. The first-order valence-corrected chi connectivity index (χ1v) is 8.12. The van der Waals surface area contributed by atoms with Crippen LogP contribution in [0.2, 0.25) is 0 Å². The van der Waals surface area contributed by atoms with Gasteiger partial charge in [-0.05, 0) is 31.4 Å². The van der Waals surface area contributed by atoms with Crippen molar-refractivity contribution in [2.45, 2.75) is 45.4 Å². The summed E-state index contributed by atoms with van der Waals surface area (Å²) in [6.45, 7) is 6.34. The van der Waals surface area contributed by atoms with E-state index in [2.05, 4.69) is 74.6 Å². The number of rotatable bonds is 2. The second-order valence-electron chi connectivity index (χ2n) is 6.68. The molecule has 2 aromatic carbocycles. The van der Waals surface area contributed by atoms with Gasteiger partial charge in [0.1, 0.15) is 0 Å². The normalized spacial score (nSPS) is 28.5. The SMILES string of the molecule is Cc1ccc([C@@H]2C[C@H](O)[C@@H](C)[C@@H](c3ccc(C)cc3)N2)cc1. The summed E-state index contributed by atoms with van der Waals surface area (Å²) in [6.07, 6.45) is 0.492. The predicted octanol–water partition coefficient (Wildman–Crippen LogP) is 4.08. The zero-order chi connectivity index (χ0) is 15.7. The molecule has 4 atom stereocenters. The Hall–Kier alpha value is -1.64. The standard InChI is InChI=1S/C20H25NO/c1-13-4-8-16(9-5-13)18-12-19(22)15(3)20(21-18)17-10-6-14(2)7-11-17/h4-11,15,18-22H,12H2,1-3H3/t15-,18+,19+,20+/m1/s1. The Morgan fingerprint density at radius 1 is 0.864 bits per heavy atom. The lowest BCUT2D eigenvalue weighted by atomic mass is 9.81. The summed E-state index contributed by atoms with van der Waals surface area (Å²) in [6, 6.07) is 17.7. The largest absolute Gasteiger partial charge is 0.393 e. The number of benzene rings is 2. The molecule has 22 heavy (non-hydrogen) atoms. The van der Waals surface area contributed by atoms with Gasteiger partial charge >= 0.3 is 0 Å². The molecule has 2 N–H and O–H groups in total. The van der Waals surface area contributed by atoms with E-state index in [1.54, 1.807) is 0 Å². The number of aliphatic hydroxyl groups is 1. The third-order valence-corrected chi connectivity index (χ3v) is 4.91. The molecule has 0 aliphatic carbocycles. The lowest BCUT2D eigenvalue weighted by Crippen LogP contribution is -2.43. The Kier molecular flexibility index (Phi) is 4.32. The topological polar surface area (TPSA) is 32.3 Å². The van der Waals surface area contributed by atoms with Crippen LogP contribution in [0.25, 0.3) is 0 Å². The zero-order valence-electron chi connectivity index (χ0n) is 13.6. The highest BCUT2D eigenvalue weighted by Crippen LogP contribution is 2.37. The van der Waals surface area contributed by atoms with E-state index in [1.165, 1.54) is 22.3 Å². The van der Waals surface area contributed by atoms with Gasteiger partial charge in [0.15, 0.2) is 0 Å². The van der Waals surface area contributed by atoms with E-state index >= 15 is 0 Å². The molecule has 0 aromatic heterocycles. The molecular weight excluding hydrogens is 270 g/mol. The van der Waals surface area contributed by atoms with Crippen molar-refractivity contribution in [1.82, 2.24) is 5.32 Å². The predicted molar refractivity (Wildman–Crippen MR) is 90.8 cm³/mol. The van der Waals surface area contributed by atoms with E-state index in [-0.39, 0.29) is 24.1 Å². The molecule has 0 unspecified atom stereocenters. The van der Waals surface area contributed by atoms with Gasteiger partial charge in [0.05, 0.1) is 6.10 Å². The molecular formula is C20H25NO. The number of aliphatic hydroxyl groups excluding tert-OH is 1. The van der Waals surface area contributed by atoms with Gasteiger partial charge in [-0.2, -0.15) is 0 Å². The van der Waals surface area contributed by atoms with Gasteiger partial charge in [0.2, 0.25) is 0 Å². The van der Waals surface area contributed by atoms with Crippen molar-refractivity contribution < 1.29 is 5.11 Å². The van der Waals surface area contributed by atoms with Crippen LogP contribution in [0.1, 0.15) is 47.7 Å². The lowest BCUT2D eigenvalue weighted by Gasteiger charge is -2.40. The Bertz CT molecular complexity index is 617. The van der Waals surface area contributed by atoms with Crippen molar-refractivity contribution in [2.75, 3.05) is 0 Å². The van der Waals surface area contributed by atoms with E-state index in [4.69, 9.17) is 0 Å². The van der Waals surface area contributed by atoms with E-state index in [1.807, 2.05) is 0 Å². The molecule has 1 fully saturated rings. The summed E-state index contributed by atoms with van der Waals surface area (Å²) in [4.78, 5) is 0. The zero-order valence-corrected chi connectivity index (χ0v) is 13.6. The van der Waals surface area contributed by atoms with Gasteiger partial charge in [0, 0.05) is 18.0 Å². The van der Waals surface area contributed by atoms with Gasteiger partial charge in [-0.3, -0.25) is 0 Å². The average Bonchev–Trinajstić information content (AvgIpc) is 2.52. The van der Waals surface area contributed by atoms with Crippen LogP contribution in [0.3, 0.4) is 0 Å². The first-order valence-electron chi connectivity index (χ1n) is 8.12. The summed E-state index contributed by atoms with van der Waals surface area (Å²) in [7, 11) is 0. The first kappa shape index (κ1) is 15.3. The number of aryl methyl sites for hydroxylation is 2. The van der Waals surface area contributed by atoms with Crippen LogP contribution in [-0.2, 0) is 0 Å². The van der Waals surface area contributed by atoms with Crippen LogP contribution >= 0.6 is 0 Å². The molecule has 0 bridgehead atoms. The summed E-state index contributed by atoms with van der Waals surface area (Å²) in [5, 5.41) is 14.3. The van der Waals surface area contributed by atoms with E-state index < -0.39 is 0 Å². The van der Waals surface area contributed by atoms with Crippen molar-refractivity contribution >= 4 is 0 Å². The molecule has 1 heterocycles. The van der Waals surface area contributed by atoms with Crippen LogP contribution < -0.4 is 5.32 Å². The smallest absolute Gasteiger partial charge is 0.0602 e. The minimum Gasteiger partial charge on any atom is -0.393 e. The summed E-state index contributed by atoms with van der Waals surface area (Å²) in [5.74, 6) is 0.212. The molecule has 2 aromatic rings. The maximum Gasteiger partial charge on any atom is 0.0602 e. The second kappa shape index (κ2) is 6.23. The highest BCUT2D eigenvalue weighted by Gasteiger charge is 2.34. The summed E-state index contributed by atoms with van der Waals surface area (Å²) >= 11 is 0. The lowest BCUT2D eigenvalue weighted by molar-refractivity contribution is 0.0402. The molecule has 116 valence electrons. The van der Waals surface area contributed by atoms with Crippen LogP contribution in [0, 0.1) is 19.8 Å². The van der Waals surface area contributed by atoms with Gasteiger partial charge in [-0.25, -0.2) is 0 Å². The first-order chi connectivity index (χ1) is 10.5. The fraction of sp³-hybridized carbons (Fsp3) is 0.400. The molecule has 2 heteroatoms. The van der Waals surface area contributed by atoms with Gasteiger partial charge in [-0.1, -0.05) is 66.6 Å². The second-order valence-corrected chi connectivity index (χ2v) is 6.68. The Morgan fingerprint density at radius 2 is 1.36 bits per heavy atom. The molecule has 2 nitrogen and oxygen atoms in total. The Morgan fingerprint density at radius 3 is 1.91 bits per heavy atom. The molecule has 1 aliphatic heterocycles. The minimum absolute atomic E-state index is 0.190. The maximum atomic E-state index is 10.5. The molecule has 0 radical (unpaired) electrons. The molecule has 0 saturated carbocycles. The third-order valence-electron chi connectivity index (χ3n) is 4.91. The van der Waals surface area contributed by atoms with Crippen LogP contribution in [0.4, 0.5) is 0 Å². The molecule has 1 aliphatic rings. The molecule has 0 spiro atoms. The Balaban J connectivity index is 1.86. The summed E-state index contributed by atoms with van der Waals surface area (Å²) in [5.41, 5.74) is 5.05. The number of piperidine rings is 1. The molecule has 1 saturated heterocycles. The maximum absolute atomic E-state index is 10.5. The van der Waals surface area contributed by atoms with Gasteiger partial charge < -0.3 is 10.4 Å². The summed E-state index contributed by atoms with van der Waals surface area (Å²) < 4.78 is 0. The average molecular weight is 295 g/mol. The van der Waals surface area contributed by atoms with Gasteiger partial charge in [0.25, 0.3) is 0 Å². The van der Waals surface area contributed by atoms with Crippen molar-refractivity contribution in [1.29, 1.82) is 0 Å². The van der Waals surface area contributed by atoms with Crippen molar-refractivity contribution in [2.24, 2.45) is 5.92 Å². The highest BCUT2D eigenvalue weighted by molar-refractivity contribution is 5.29. The highest BCUT2D eigenvalue weighted by atomic mass is 16.3. The number of nitrogens with one attached hydrogen (secondary N) is 1. The van der Waals surface area contributed by atoms with Crippen molar-refractivity contribution in [3.8, 4) is 0 Å². The van der Waals surface area contributed by atoms with Crippen LogP contribution in [0.5, 0.6) is 0 Å². The van der Waals surface area contributed by atoms with Crippen LogP contribution in [0.15, 0.2) is 48.5 Å². The fourth-order valence-electron chi connectivity index (χ4n) is 3.32. The quantitative estimate of drug-likeness (QED) is 0.875. The van der Waals surface area contributed by atoms with Crippen LogP contribution in [-0.4, -0.2) is 11.2 Å².